The van der Waals surface area contributed by atoms with Crippen molar-refractivity contribution in [1.82, 2.24) is 5.32 Å². The quantitative estimate of drug-likeness (QED) is 0.714. The second-order valence-corrected chi connectivity index (χ2v) is 6.94. The van der Waals surface area contributed by atoms with E-state index in [2.05, 4.69) is 31.4 Å². The van der Waals surface area contributed by atoms with E-state index in [0.717, 1.165) is 18.1 Å². The summed E-state index contributed by atoms with van der Waals surface area (Å²) < 4.78 is 5.32. The van der Waals surface area contributed by atoms with Crippen LogP contribution in [0.5, 0.6) is 0 Å². The Bertz CT molecular complexity index is 426. The highest BCUT2D eigenvalue weighted by Gasteiger charge is 2.42. The van der Waals surface area contributed by atoms with Crippen molar-refractivity contribution in [2.75, 3.05) is 20.8 Å². The van der Waals surface area contributed by atoms with Crippen molar-refractivity contribution in [2.45, 2.75) is 64.3 Å². The molecule has 132 valence electrons. The van der Waals surface area contributed by atoms with E-state index in [1.165, 1.54) is 31.2 Å². The fourth-order valence-corrected chi connectivity index (χ4v) is 4.13. The Morgan fingerprint density at radius 3 is 2.22 bits per heavy atom. The highest BCUT2D eigenvalue weighted by atomic mass is 35.5. The lowest BCUT2D eigenvalue weighted by molar-refractivity contribution is 0.139. The molecule has 3 heteroatoms. The number of methoxy groups -OCH3 is 1. The van der Waals surface area contributed by atoms with Crippen LogP contribution >= 0.6 is 11.6 Å². The second-order valence-electron chi connectivity index (χ2n) is 6.51. The summed E-state index contributed by atoms with van der Waals surface area (Å²) in [6, 6.07) is 8.99. The van der Waals surface area contributed by atoms with Crippen LogP contribution in [0.4, 0.5) is 0 Å². The van der Waals surface area contributed by atoms with Gasteiger partial charge in [0.25, 0.3) is 0 Å². The molecule has 0 aromatic heterocycles. The number of likely N-dealkylation sites (N-methyl/N-ethyl adjacent to an activating group) is 1. The van der Waals surface area contributed by atoms with E-state index in [1.807, 2.05) is 26.0 Å². The number of benzene rings is 1. The Labute approximate surface area is 148 Å². The number of nitrogens with one attached hydrogen (secondary N) is 1. The summed E-state index contributed by atoms with van der Waals surface area (Å²) in [6.07, 6.45) is 6.31. The third kappa shape index (κ3) is 5.20. The molecular weight excluding hydrogens is 306 g/mol. The van der Waals surface area contributed by atoms with Gasteiger partial charge in [-0.25, -0.2) is 0 Å². The summed E-state index contributed by atoms with van der Waals surface area (Å²) in [7, 11) is 3.88. The van der Waals surface area contributed by atoms with Crippen molar-refractivity contribution in [1.29, 1.82) is 0 Å². The van der Waals surface area contributed by atoms with E-state index in [4.69, 9.17) is 16.3 Å². The lowest BCUT2D eigenvalue weighted by atomic mass is 9.70. The molecular formula is C20H34ClNO. The average molecular weight is 340 g/mol. The first-order valence-electron chi connectivity index (χ1n) is 9.04. The first-order chi connectivity index (χ1) is 11.1. The molecule has 1 N–H and O–H groups in total. The third-order valence-electron chi connectivity index (χ3n) is 5.02. The van der Waals surface area contributed by atoms with Gasteiger partial charge in [0.05, 0.1) is 0 Å². The Morgan fingerprint density at radius 2 is 1.74 bits per heavy atom. The van der Waals surface area contributed by atoms with Crippen LogP contribution in [0.3, 0.4) is 0 Å². The van der Waals surface area contributed by atoms with E-state index >= 15 is 0 Å². The van der Waals surface area contributed by atoms with Gasteiger partial charge in [-0.1, -0.05) is 57.3 Å². The Hall–Kier alpha value is -0.570. The van der Waals surface area contributed by atoms with Gasteiger partial charge in [-0.05, 0) is 49.9 Å². The molecule has 1 unspecified atom stereocenters. The van der Waals surface area contributed by atoms with Crippen LogP contribution < -0.4 is 5.32 Å². The summed E-state index contributed by atoms with van der Waals surface area (Å²) in [5.74, 6) is 0.567. The number of ether oxygens (including phenoxy) is 1. The number of hydrogen-bond acceptors (Lipinski definition) is 2. The Balaban J connectivity index is 0.00000127. The molecule has 1 aliphatic rings. The third-order valence-corrected chi connectivity index (χ3v) is 5.27. The largest absolute Gasteiger partial charge is 0.384 e. The molecule has 1 saturated carbocycles. The molecule has 0 aliphatic heterocycles. The van der Waals surface area contributed by atoms with Crippen molar-refractivity contribution in [3.05, 3.63) is 34.9 Å². The van der Waals surface area contributed by atoms with Gasteiger partial charge in [-0.15, -0.1) is 0 Å². The highest BCUT2D eigenvalue weighted by molar-refractivity contribution is 6.30. The molecule has 23 heavy (non-hydrogen) atoms. The average Bonchev–Trinajstić information content (AvgIpc) is 3.06. The van der Waals surface area contributed by atoms with Gasteiger partial charge < -0.3 is 10.1 Å². The molecule has 2 nitrogen and oxygen atoms in total. The Kier molecular flexibility index (Phi) is 9.19. The zero-order chi connectivity index (χ0) is 17.3. The maximum Gasteiger partial charge on any atom is 0.0488 e. The van der Waals surface area contributed by atoms with Crippen LogP contribution in [0, 0.1) is 5.92 Å². The first kappa shape index (κ1) is 20.5. The molecule has 0 amide bonds. The molecule has 2 rings (SSSR count). The fourth-order valence-electron chi connectivity index (χ4n) is 4.00. The van der Waals surface area contributed by atoms with Gasteiger partial charge in [0.1, 0.15) is 0 Å². The lowest BCUT2D eigenvalue weighted by Gasteiger charge is -2.39. The van der Waals surface area contributed by atoms with Gasteiger partial charge >= 0.3 is 0 Å². The lowest BCUT2D eigenvalue weighted by Crippen LogP contribution is -2.46. The normalized spacial score (nSPS) is 18.9. The molecule has 0 saturated heterocycles. The van der Waals surface area contributed by atoms with E-state index in [1.54, 1.807) is 7.11 Å². The van der Waals surface area contributed by atoms with Crippen molar-refractivity contribution >= 4 is 11.6 Å². The maximum absolute atomic E-state index is 6.07. The SMILES string of the molecule is CC.CNC(C[C@@H](C)COC)C1(c2ccc(Cl)cc2)CCCC1. The topological polar surface area (TPSA) is 21.3 Å². The van der Waals surface area contributed by atoms with Crippen LogP contribution in [0.2, 0.25) is 5.02 Å². The molecule has 2 atom stereocenters. The van der Waals surface area contributed by atoms with Crippen molar-refractivity contribution in [3.63, 3.8) is 0 Å². The summed E-state index contributed by atoms with van der Waals surface area (Å²) in [4.78, 5) is 0. The fraction of sp³-hybridized carbons (Fsp3) is 0.700. The predicted molar refractivity (Wildman–Crippen MR) is 101 cm³/mol. The maximum atomic E-state index is 6.07. The van der Waals surface area contributed by atoms with Gasteiger partial charge in [0.15, 0.2) is 0 Å². The summed E-state index contributed by atoms with van der Waals surface area (Å²) in [6.45, 7) is 7.10. The van der Waals surface area contributed by atoms with Gasteiger partial charge in [0, 0.05) is 30.2 Å². The molecule has 1 aromatic carbocycles. The minimum absolute atomic E-state index is 0.251. The van der Waals surface area contributed by atoms with E-state index in [9.17, 15) is 0 Å². The molecule has 1 aromatic rings. The summed E-state index contributed by atoms with van der Waals surface area (Å²) in [5, 5.41) is 4.42. The van der Waals surface area contributed by atoms with E-state index in [0.29, 0.717) is 12.0 Å². The standard InChI is InChI=1S/C18H28ClNO.C2H6/c1-14(13-21-3)12-17(20-2)18(10-4-5-11-18)15-6-8-16(19)9-7-15;1-2/h6-9,14,17,20H,4-5,10-13H2,1-3H3;1-2H3/t14-,17?;/m1./s1. The molecule has 0 radical (unpaired) electrons. The molecule has 1 aliphatic carbocycles. The highest BCUT2D eigenvalue weighted by Crippen LogP contribution is 2.45. The van der Waals surface area contributed by atoms with Crippen LogP contribution in [-0.2, 0) is 10.2 Å². The minimum Gasteiger partial charge on any atom is -0.384 e. The van der Waals surface area contributed by atoms with Gasteiger partial charge in [-0.3, -0.25) is 0 Å². The van der Waals surface area contributed by atoms with Crippen molar-refractivity contribution in [3.8, 4) is 0 Å². The molecule has 1 fully saturated rings. The number of hydrogen-bond donors (Lipinski definition) is 1. The minimum atomic E-state index is 0.251. The summed E-state index contributed by atoms with van der Waals surface area (Å²) >= 11 is 6.07. The predicted octanol–water partition coefficient (Wildman–Crippen LogP) is 5.44. The monoisotopic (exact) mass is 339 g/mol. The van der Waals surface area contributed by atoms with E-state index in [-0.39, 0.29) is 5.41 Å². The first-order valence-corrected chi connectivity index (χ1v) is 9.42. The van der Waals surface area contributed by atoms with Crippen molar-refractivity contribution < 1.29 is 4.74 Å². The number of halogens is 1. The van der Waals surface area contributed by atoms with Crippen LogP contribution in [0.1, 0.15) is 58.4 Å². The van der Waals surface area contributed by atoms with E-state index < -0.39 is 0 Å². The van der Waals surface area contributed by atoms with Crippen LogP contribution in [-0.4, -0.2) is 26.8 Å². The van der Waals surface area contributed by atoms with Gasteiger partial charge in [-0.2, -0.15) is 0 Å². The smallest absolute Gasteiger partial charge is 0.0488 e. The number of rotatable bonds is 7. The van der Waals surface area contributed by atoms with Crippen LogP contribution in [0.15, 0.2) is 24.3 Å². The second kappa shape index (κ2) is 10.3. The van der Waals surface area contributed by atoms with Crippen molar-refractivity contribution in [2.24, 2.45) is 5.92 Å². The van der Waals surface area contributed by atoms with Crippen LogP contribution in [0.25, 0.3) is 0 Å². The molecule has 0 heterocycles. The Morgan fingerprint density at radius 1 is 1.17 bits per heavy atom. The van der Waals surface area contributed by atoms with Gasteiger partial charge in [0.2, 0.25) is 0 Å². The molecule has 0 bridgehead atoms. The zero-order valence-electron chi connectivity index (χ0n) is 15.5. The summed E-state index contributed by atoms with van der Waals surface area (Å²) in [5.41, 5.74) is 1.69. The zero-order valence-corrected chi connectivity index (χ0v) is 16.2. The molecule has 0 spiro atoms.